The minimum atomic E-state index is 0.217. The smallest absolute Gasteiger partial charge is 0.251 e. The normalized spacial score (nSPS) is 16.3. The van der Waals surface area contributed by atoms with Gasteiger partial charge in [0.25, 0.3) is 6.71 Å². The standard InChI is InChI=1S/C38H27BN2/c1-22-10-3-4-11-25(22)24-20-33-36-34(21-24)41-32-17-8-6-13-28(32)35-23(2)18-19-30(38(35)41)39(36)29-15-9-14-27-26-12-5-7-16-31(26)40(33)37(27)29/h3-17,19-21,23H,18H2,1-2H3. The first-order valence-electron chi connectivity index (χ1n) is 14.8. The van der Waals surface area contributed by atoms with Crippen LogP contribution in [0.4, 0.5) is 0 Å². The number of nitrogens with zero attached hydrogens (tertiary/aromatic N) is 2. The molecule has 3 heteroatoms. The Labute approximate surface area is 239 Å². The summed E-state index contributed by atoms with van der Waals surface area (Å²) in [7, 11) is 0. The molecule has 3 aliphatic rings. The number of para-hydroxylation sites is 3. The van der Waals surface area contributed by atoms with Gasteiger partial charge in [-0.15, -0.1) is 0 Å². The van der Waals surface area contributed by atoms with E-state index in [-0.39, 0.29) is 6.71 Å². The number of aryl methyl sites for hydroxylation is 1. The van der Waals surface area contributed by atoms with Gasteiger partial charge in [0.05, 0.1) is 11.0 Å². The number of rotatable bonds is 1. The molecule has 4 heterocycles. The van der Waals surface area contributed by atoms with Crippen molar-refractivity contribution in [2.45, 2.75) is 26.2 Å². The first-order valence-corrected chi connectivity index (χ1v) is 14.8. The highest BCUT2D eigenvalue weighted by molar-refractivity contribution is 7.03. The van der Waals surface area contributed by atoms with Crippen LogP contribution in [0.15, 0.2) is 109 Å². The van der Waals surface area contributed by atoms with Crippen molar-refractivity contribution in [3.05, 3.63) is 126 Å². The van der Waals surface area contributed by atoms with Gasteiger partial charge < -0.3 is 9.13 Å². The lowest BCUT2D eigenvalue weighted by molar-refractivity contribution is 0.770. The lowest BCUT2D eigenvalue weighted by Crippen LogP contribution is -2.53. The summed E-state index contributed by atoms with van der Waals surface area (Å²) in [6.45, 7) is 4.85. The first kappa shape index (κ1) is 22.0. The summed E-state index contributed by atoms with van der Waals surface area (Å²) in [4.78, 5) is 0. The maximum Gasteiger partial charge on any atom is 0.251 e. The fourth-order valence-corrected chi connectivity index (χ4v) is 8.42. The average Bonchev–Trinajstić information content (AvgIpc) is 3.54. The van der Waals surface area contributed by atoms with Gasteiger partial charge in [-0.25, -0.2) is 0 Å². The number of benzene rings is 5. The lowest BCUT2D eigenvalue weighted by atomic mass is 9.32. The van der Waals surface area contributed by atoms with Gasteiger partial charge >= 0.3 is 0 Å². The summed E-state index contributed by atoms with van der Waals surface area (Å²) in [6.07, 6.45) is 3.64. The van der Waals surface area contributed by atoms with E-state index in [2.05, 4.69) is 132 Å². The molecule has 1 aliphatic carbocycles. The Morgan fingerprint density at radius 2 is 1.39 bits per heavy atom. The summed E-state index contributed by atoms with van der Waals surface area (Å²) < 4.78 is 5.18. The molecule has 0 spiro atoms. The lowest BCUT2D eigenvalue weighted by Gasteiger charge is -2.38. The summed E-state index contributed by atoms with van der Waals surface area (Å²) in [5.41, 5.74) is 17.8. The van der Waals surface area contributed by atoms with Crippen LogP contribution in [-0.2, 0) is 0 Å². The average molecular weight is 522 g/mol. The highest BCUT2D eigenvalue weighted by Crippen LogP contribution is 2.48. The van der Waals surface area contributed by atoms with E-state index < -0.39 is 0 Å². The van der Waals surface area contributed by atoms with Crippen LogP contribution >= 0.6 is 0 Å². The van der Waals surface area contributed by atoms with Gasteiger partial charge in [0, 0.05) is 38.7 Å². The monoisotopic (exact) mass is 522 g/mol. The van der Waals surface area contributed by atoms with Crippen LogP contribution in [0.2, 0.25) is 0 Å². The maximum atomic E-state index is 2.61. The zero-order valence-corrected chi connectivity index (χ0v) is 23.1. The molecular weight excluding hydrogens is 495 g/mol. The molecule has 2 aromatic heterocycles. The second-order valence-electron chi connectivity index (χ2n) is 12.2. The molecule has 41 heavy (non-hydrogen) atoms. The Morgan fingerprint density at radius 3 is 2.22 bits per heavy atom. The molecule has 1 unspecified atom stereocenters. The Hall–Kier alpha value is -4.76. The fraction of sp³-hybridized carbons (Fsp3) is 0.105. The highest BCUT2D eigenvalue weighted by Gasteiger charge is 2.44. The molecule has 0 bridgehead atoms. The fourth-order valence-electron chi connectivity index (χ4n) is 8.42. The molecular formula is C38H27BN2. The van der Waals surface area contributed by atoms with E-state index in [4.69, 9.17) is 0 Å². The third-order valence-corrected chi connectivity index (χ3v) is 10.1. The zero-order valence-electron chi connectivity index (χ0n) is 23.1. The maximum absolute atomic E-state index is 2.61. The van der Waals surface area contributed by atoms with Gasteiger partial charge in [0.15, 0.2) is 0 Å². The third-order valence-electron chi connectivity index (χ3n) is 10.1. The van der Waals surface area contributed by atoms with Crippen molar-refractivity contribution >= 4 is 55.8 Å². The number of hydrogen-bond donors (Lipinski definition) is 0. The van der Waals surface area contributed by atoms with E-state index in [1.54, 1.807) is 0 Å². The van der Waals surface area contributed by atoms with Gasteiger partial charge in [0.1, 0.15) is 0 Å². The Morgan fingerprint density at radius 1 is 0.707 bits per heavy atom. The Balaban J connectivity index is 1.46. The molecule has 2 aliphatic heterocycles. The molecule has 0 fully saturated rings. The molecule has 192 valence electrons. The van der Waals surface area contributed by atoms with Gasteiger partial charge in [-0.05, 0) is 82.2 Å². The predicted molar refractivity (Wildman–Crippen MR) is 174 cm³/mol. The molecule has 10 rings (SSSR count). The van der Waals surface area contributed by atoms with E-state index in [1.165, 1.54) is 88.4 Å². The number of hydrogen-bond acceptors (Lipinski definition) is 0. The van der Waals surface area contributed by atoms with E-state index in [1.807, 2.05) is 0 Å². The van der Waals surface area contributed by atoms with Crippen LogP contribution < -0.4 is 10.9 Å². The quantitative estimate of drug-likeness (QED) is 0.193. The van der Waals surface area contributed by atoms with Gasteiger partial charge in [0.2, 0.25) is 0 Å². The molecule has 0 saturated heterocycles. The van der Waals surface area contributed by atoms with Gasteiger partial charge in [-0.1, -0.05) is 91.9 Å². The number of aromatic nitrogens is 2. The van der Waals surface area contributed by atoms with E-state index >= 15 is 0 Å². The van der Waals surface area contributed by atoms with Crippen LogP contribution in [0, 0.1) is 6.92 Å². The summed E-state index contributed by atoms with van der Waals surface area (Å²) in [5, 5.41) is 4.08. The number of allylic oxidation sites excluding steroid dienone is 1. The van der Waals surface area contributed by atoms with Crippen molar-refractivity contribution in [2.75, 3.05) is 0 Å². The van der Waals surface area contributed by atoms with Crippen LogP contribution in [0.1, 0.15) is 36.1 Å². The van der Waals surface area contributed by atoms with Gasteiger partial charge in [-0.3, -0.25) is 0 Å². The summed E-state index contributed by atoms with van der Waals surface area (Å²) in [6, 6.07) is 38.8. The molecule has 0 radical (unpaired) electrons. The van der Waals surface area contributed by atoms with Crippen molar-refractivity contribution in [3.63, 3.8) is 0 Å². The second kappa shape index (κ2) is 7.50. The number of fused-ring (bicyclic) bond motifs is 10. The van der Waals surface area contributed by atoms with E-state index in [9.17, 15) is 0 Å². The van der Waals surface area contributed by atoms with Crippen LogP contribution in [0.25, 0.3) is 60.7 Å². The molecule has 0 saturated carbocycles. The molecule has 0 amide bonds. The highest BCUT2D eigenvalue weighted by atomic mass is 15.0. The molecule has 1 atom stereocenters. The van der Waals surface area contributed by atoms with Crippen LogP contribution in [-0.4, -0.2) is 15.8 Å². The largest absolute Gasteiger partial charge is 0.311 e. The summed E-state index contributed by atoms with van der Waals surface area (Å²) in [5.74, 6) is 0.492. The minimum Gasteiger partial charge on any atom is -0.311 e. The van der Waals surface area contributed by atoms with Gasteiger partial charge in [-0.2, -0.15) is 0 Å². The predicted octanol–water partition coefficient (Wildman–Crippen LogP) is 8.07. The molecule has 0 N–H and O–H groups in total. The Kier molecular flexibility index (Phi) is 4.02. The van der Waals surface area contributed by atoms with Crippen molar-refractivity contribution in [3.8, 4) is 22.5 Å². The van der Waals surface area contributed by atoms with Crippen molar-refractivity contribution in [1.82, 2.24) is 9.13 Å². The van der Waals surface area contributed by atoms with Crippen molar-refractivity contribution < 1.29 is 0 Å². The first-order chi connectivity index (χ1) is 20.2. The minimum absolute atomic E-state index is 0.217. The topological polar surface area (TPSA) is 9.86 Å². The third kappa shape index (κ3) is 2.56. The van der Waals surface area contributed by atoms with Crippen LogP contribution in [0.3, 0.4) is 0 Å². The van der Waals surface area contributed by atoms with Crippen molar-refractivity contribution in [1.29, 1.82) is 0 Å². The van der Waals surface area contributed by atoms with Crippen LogP contribution in [0.5, 0.6) is 0 Å². The second-order valence-corrected chi connectivity index (χ2v) is 12.2. The van der Waals surface area contributed by atoms with E-state index in [0.717, 1.165) is 6.42 Å². The van der Waals surface area contributed by atoms with E-state index in [0.29, 0.717) is 5.92 Å². The molecule has 7 aromatic rings. The SMILES string of the molecule is Cc1ccccc1-c1cc2c3c(c1)-n1c4ccccc4c4cccc(c41)B3C1=CCC(C)c3c1n-2c1ccccc31. The zero-order chi connectivity index (χ0) is 27.0. The molecule has 5 aromatic carbocycles. The molecule has 2 nitrogen and oxygen atoms in total. The summed E-state index contributed by atoms with van der Waals surface area (Å²) >= 11 is 0. The Bertz CT molecular complexity index is 2330. The van der Waals surface area contributed by atoms with Crippen molar-refractivity contribution in [2.24, 2.45) is 0 Å².